The normalized spacial score (nSPS) is 20.6. The number of carbonyl (C=O) groups excluding carboxylic acids is 2. The highest BCUT2D eigenvalue weighted by Gasteiger charge is 2.54. The molecule has 4 heterocycles. The molecule has 0 aromatic carbocycles. The molecule has 33 heavy (non-hydrogen) atoms. The Kier molecular flexibility index (Phi) is 6.40. The summed E-state index contributed by atoms with van der Waals surface area (Å²) in [6, 6.07) is 0.515. The molecule has 0 saturated carbocycles. The number of rotatable bonds is 7. The lowest BCUT2D eigenvalue weighted by molar-refractivity contribution is -0.150. The molecule has 2 aliphatic heterocycles. The number of nitrogen functional groups attached to an aromatic ring is 1. The first kappa shape index (κ1) is 22.8. The summed E-state index contributed by atoms with van der Waals surface area (Å²) in [6.45, 7) is 0. The number of carbonyl (C=O) groups is 3. The summed E-state index contributed by atoms with van der Waals surface area (Å²) in [5.74, 6) is -1.93. The second-order valence-corrected chi connectivity index (χ2v) is 9.00. The highest BCUT2D eigenvalue weighted by molar-refractivity contribution is 8.00. The number of halogens is 1. The summed E-state index contributed by atoms with van der Waals surface area (Å²) in [5.41, 5.74) is 5.88. The minimum Gasteiger partial charge on any atom is -0.477 e. The van der Waals surface area contributed by atoms with Gasteiger partial charge in [0.15, 0.2) is 21.8 Å². The third-order valence-corrected chi connectivity index (χ3v) is 6.75. The zero-order valence-electron chi connectivity index (χ0n) is 16.7. The quantitative estimate of drug-likeness (QED) is 0.278. The van der Waals surface area contributed by atoms with Gasteiger partial charge in [0.25, 0.3) is 11.8 Å². The van der Waals surface area contributed by atoms with Gasteiger partial charge in [-0.15, -0.1) is 23.1 Å². The van der Waals surface area contributed by atoms with E-state index in [2.05, 4.69) is 20.6 Å². The Morgan fingerprint density at radius 2 is 2.27 bits per heavy atom. The van der Waals surface area contributed by atoms with E-state index < -0.39 is 29.2 Å². The smallest absolute Gasteiger partial charge is 0.352 e. The van der Waals surface area contributed by atoms with Gasteiger partial charge < -0.3 is 25.5 Å². The van der Waals surface area contributed by atoms with Crippen LogP contribution < -0.4 is 11.1 Å². The van der Waals surface area contributed by atoms with E-state index in [1.54, 1.807) is 0 Å². The number of thiazole rings is 1. The number of carboxylic acids is 1. The molecule has 2 aromatic rings. The Labute approximate surface area is 199 Å². The van der Waals surface area contributed by atoms with Crippen molar-refractivity contribution in [2.75, 3.05) is 18.6 Å². The number of allylic oxidation sites excluding steroid dienone is 1. The SMILES string of the molecule is CO/N=C(\C(=O)N[C@@H]1C(=O)N2C(C(=O)O)=C(/C=C\c3cc(Cl)no3)CS[C@H]12)c1csc(N)n1. The van der Waals surface area contributed by atoms with Crippen LogP contribution in [0.15, 0.2) is 38.5 Å². The minimum atomic E-state index is -1.27. The number of fused-ring (bicyclic) bond motifs is 1. The molecule has 0 aliphatic carbocycles. The fraction of sp³-hybridized carbons (Fsp3) is 0.222. The molecule has 0 bridgehead atoms. The molecular formula is C18H15ClN6O6S2. The van der Waals surface area contributed by atoms with Gasteiger partial charge in [-0.25, -0.2) is 9.78 Å². The van der Waals surface area contributed by atoms with Crippen LogP contribution in [0.1, 0.15) is 11.5 Å². The zero-order valence-corrected chi connectivity index (χ0v) is 19.1. The number of nitrogens with two attached hydrogens (primary N) is 1. The van der Waals surface area contributed by atoms with Crippen LogP contribution in [-0.4, -0.2) is 67.9 Å². The number of carboxylic acid groups (broad SMARTS) is 1. The van der Waals surface area contributed by atoms with E-state index in [1.165, 1.54) is 42.5 Å². The van der Waals surface area contributed by atoms with Crippen molar-refractivity contribution in [3.05, 3.63) is 45.4 Å². The van der Waals surface area contributed by atoms with Gasteiger partial charge in [0.2, 0.25) is 0 Å². The van der Waals surface area contributed by atoms with Crippen molar-refractivity contribution in [3.8, 4) is 0 Å². The molecule has 4 N–H and O–H groups in total. The maximum atomic E-state index is 12.8. The molecule has 1 saturated heterocycles. The van der Waals surface area contributed by atoms with Crippen LogP contribution in [0, 0.1) is 0 Å². The van der Waals surface area contributed by atoms with E-state index in [4.69, 9.17) is 26.7 Å². The van der Waals surface area contributed by atoms with Crippen LogP contribution in [0.5, 0.6) is 0 Å². The standard InChI is InChI=1S/C18H15ClN6O6S2/c1-30-24-11(9-6-33-18(20)21-9)14(26)22-12-15(27)25-13(17(28)29)7(5-32-16(12)25)2-3-8-4-10(19)23-31-8/h2-4,6,12,16H,5H2,1H3,(H2,20,21)(H,22,26)(H,28,29)/b3-2-,24-11-/t12-,16-/m1/s1. The second kappa shape index (κ2) is 9.25. The molecule has 2 aromatic heterocycles. The topological polar surface area (TPSA) is 173 Å². The van der Waals surface area contributed by atoms with Crippen molar-refractivity contribution >= 4 is 69.4 Å². The Morgan fingerprint density at radius 3 is 2.88 bits per heavy atom. The first-order valence-corrected chi connectivity index (χ1v) is 11.5. The number of β-lactam (4-membered cyclic amide) rings is 1. The summed E-state index contributed by atoms with van der Waals surface area (Å²) in [5, 5.41) is 20.9. The van der Waals surface area contributed by atoms with Crippen LogP contribution in [0.2, 0.25) is 5.15 Å². The summed E-state index contributed by atoms with van der Waals surface area (Å²) >= 11 is 8.13. The number of nitrogens with one attached hydrogen (secondary N) is 1. The summed E-state index contributed by atoms with van der Waals surface area (Å²) in [7, 11) is 1.27. The molecule has 2 amide bonds. The first-order valence-electron chi connectivity index (χ1n) is 9.15. The third kappa shape index (κ3) is 4.44. The van der Waals surface area contributed by atoms with Crippen LogP contribution in [-0.2, 0) is 19.2 Å². The summed E-state index contributed by atoms with van der Waals surface area (Å²) < 4.78 is 4.97. The largest absolute Gasteiger partial charge is 0.477 e. The van der Waals surface area contributed by atoms with Crippen molar-refractivity contribution in [2.24, 2.45) is 5.16 Å². The van der Waals surface area contributed by atoms with Crippen LogP contribution in [0.25, 0.3) is 6.08 Å². The Balaban J connectivity index is 1.53. The van der Waals surface area contributed by atoms with Gasteiger partial charge in [-0.05, 0) is 11.6 Å². The van der Waals surface area contributed by atoms with Crippen molar-refractivity contribution in [1.29, 1.82) is 0 Å². The molecule has 1 fully saturated rings. The summed E-state index contributed by atoms with van der Waals surface area (Å²) in [4.78, 5) is 47.4. The number of hydrogen-bond donors (Lipinski definition) is 3. The van der Waals surface area contributed by atoms with E-state index >= 15 is 0 Å². The molecule has 172 valence electrons. The van der Waals surface area contributed by atoms with Gasteiger partial charge in [0, 0.05) is 17.2 Å². The Hall–Kier alpha value is -3.36. The fourth-order valence-electron chi connectivity index (χ4n) is 3.20. The van der Waals surface area contributed by atoms with Gasteiger partial charge in [-0.3, -0.25) is 14.5 Å². The van der Waals surface area contributed by atoms with Gasteiger partial charge >= 0.3 is 5.97 Å². The second-order valence-electron chi connectivity index (χ2n) is 6.62. The molecule has 0 unspecified atom stereocenters. The van der Waals surface area contributed by atoms with E-state index in [-0.39, 0.29) is 33.1 Å². The van der Waals surface area contributed by atoms with Gasteiger partial charge in [-0.1, -0.05) is 28.0 Å². The fourth-order valence-corrected chi connectivity index (χ4v) is 5.21. The third-order valence-electron chi connectivity index (χ3n) is 4.60. The molecule has 12 nitrogen and oxygen atoms in total. The summed E-state index contributed by atoms with van der Waals surface area (Å²) in [6.07, 6.45) is 3.04. The number of aromatic nitrogens is 2. The van der Waals surface area contributed by atoms with Gasteiger partial charge in [-0.2, -0.15) is 0 Å². The number of aliphatic carboxylic acids is 1. The number of oxime groups is 1. The number of amides is 2. The van der Waals surface area contributed by atoms with E-state index in [1.807, 2.05) is 0 Å². The van der Waals surface area contributed by atoms with E-state index in [9.17, 15) is 19.5 Å². The van der Waals surface area contributed by atoms with Crippen molar-refractivity contribution in [2.45, 2.75) is 11.4 Å². The predicted octanol–water partition coefficient (Wildman–Crippen LogP) is 1.17. The highest BCUT2D eigenvalue weighted by Crippen LogP contribution is 2.40. The first-order chi connectivity index (χ1) is 15.8. The van der Waals surface area contributed by atoms with Crippen LogP contribution in [0.4, 0.5) is 5.13 Å². The van der Waals surface area contributed by atoms with Crippen molar-refractivity contribution in [1.82, 2.24) is 20.4 Å². The monoisotopic (exact) mass is 510 g/mol. The predicted molar refractivity (Wildman–Crippen MR) is 120 cm³/mol. The average Bonchev–Trinajstić information content (AvgIpc) is 3.40. The van der Waals surface area contributed by atoms with Crippen LogP contribution >= 0.6 is 34.7 Å². The number of anilines is 1. The Morgan fingerprint density at radius 1 is 1.48 bits per heavy atom. The van der Waals surface area contributed by atoms with E-state index in [0.717, 1.165) is 16.2 Å². The molecule has 0 spiro atoms. The molecular weight excluding hydrogens is 496 g/mol. The average molecular weight is 511 g/mol. The van der Waals surface area contributed by atoms with E-state index in [0.29, 0.717) is 11.3 Å². The molecule has 2 atom stereocenters. The molecule has 2 aliphatic rings. The Bertz CT molecular complexity index is 1220. The van der Waals surface area contributed by atoms with Crippen molar-refractivity contribution < 1.29 is 28.9 Å². The van der Waals surface area contributed by atoms with Crippen LogP contribution in [0.3, 0.4) is 0 Å². The lowest BCUT2D eigenvalue weighted by Gasteiger charge is -2.49. The van der Waals surface area contributed by atoms with Crippen molar-refractivity contribution in [3.63, 3.8) is 0 Å². The number of thioether (sulfide) groups is 1. The lowest BCUT2D eigenvalue weighted by Crippen LogP contribution is -2.71. The number of nitrogens with zero attached hydrogens (tertiary/aromatic N) is 4. The number of hydrogen-bond acceptors (Lipinski definition) is 11. The maximum Gasteiger partial charge on any atom is 0.352 e. The zero-order chi connectivity index (χ0) is 23.7. The minimum absolute atomic E-state index is 0.152. The molecule has 4 rings (SSSR count). The maximum absolute atomic E-state index is 12.8. The highest BCUT2D eigenvalue weighted by atomic mass is 35.5. The molecule has 0 radical (unpaired) electrons. The van der Waals surface area contributed by atoms with Gasteiger partial charge in [0.05, 0.1) is 0 Å². The lowest BCUT2D eigenvalue weighted by atomic mass is 10.0. The molecule has 15 heteroatoms. The van der Waals surface area contributed by atoms with Gasteiger partial charge in [0.1, 0.15) is 29.9 Å².